The van der Waals surface area contributed by atoms with Gasteiger partial charge in [0.1, 0.15) is 5.69 Å². The fourth-order valence-corrected chi connectivity index (χ4v) is 4.67. The van der Waals surface area contributed by atoms with Gasteiger partial charge < -0.3 is 15.2 Å². The van der Waals surface area contributed by atoms with Crippen molar-refractivity contribution in [3.05, 3.63) is 22.5 Å². The Morgan fingerprint density at radius 1 is 1.17 bits per heavy atom. The van der Waals surface area contributed by atoms with E-state index in [9.17, 15) is 9.59 Å². The molecule has 4 rings (SSSR count). The molecule has 0 radical (unpaired) electrons. The van der Waals surface area contributed by atoms with E-state index in [0.717, 1.165) is 42.5 Å². The number of ketones is 1. The summed E-state index contributed by atoms with van der Waals surface area (Å²) in [6.07, 6.45) is 6.89. The number of rotatable bonds is 2. The standard InChI is InChI=1S/C18H25N3O2/c1-10-16-14(4-3-5-15(16)22)20-17(10)18(23)21(2)13-8-11-6-7-12(9-13)19-11/h11-13,19-20H,3-9H2,1-2H3. The summed E-state index contributed by atoms with van der Waals surface area (Å²) < 4.78 is 0. The van der Waals surface area contributed by atoms with Gasteiger partial charge >= 0.3 is 0 Å². The van der Waals surface area contributed by atoms with Crippen molar-refractivity contribution in [1.29, 1.82) is 0 Å². The average Bonchev–Trinajstić information content (AvgIpc) is 3.06. The molecule has 1 aromatic heterocycles. The molecule has 2 atom stereocenters. The van der Waals surface area contributed by atoms with Crippen molar-refractivity contribution in [2.45, 2.75) is 70.0 Å². The average molecular weight is 315 g/mol. The van der Waals surface area contributed by atoms with Gasteiger partial charge in [0, 0.05) is 42.9 Å². The number of carbonyl (C=O) groups is 2. The molecule has 1 aliphatic carbocycles. The van der Waals surface area contributed by atoms with Crippen LogP contribution in [-0.2, 0) is 6.42 Å². The summed E-state index contributed by atoms with van der Waals surface area (Å²) in [7, 11) is 1.92. The Morgan fingerprint density at radius 3 is 2.52 bits per heavy atom. The van der Waals surface area contributed by atoms with E-state index in [-0.39, 0.29) is 11.7 Å². The zero-order chi connectivity index (χ0) is 16.1. The summed E-state index contributed by atoms with van der Waals surface area (Å²) in [5.74, 6) is 0.220. The molecule has 2 bridgehead atoms. The highest BCUT2D eigenvalue weighted by Gasteiger charge is 2.37. The highest BCUT2D eigenvalue weighted by molar-refractivity contribution is 6.04. The number of carbonyl (C=O) groups excluding carboxylic acids is 2. The summed E-state index contributed by atoms with van der Waals surface area (Å²) in [5, 5.41) is 3.62. The van der Waals surface area contributed by atoms with Crippen LogP contribution in [0.5, 0.6) is 0 Å². The molecule has 5 heteroatoms. The monoisotopic (exact) mass is 315 g/mol. The zero-order valence-corrected chi connectivity index (χ0v) is 13.9. The van der Waals surface area contributed by atoms with Crippen LogP contribution in [0.15, 0.2) is 0 Å². The molecule has 0 saturated carbocycles. The van der Waals surface area contributed by atoms with Gasteiger partial charge in [-0.05, 0) is 51.0 Å². The van der Waals surface area contributed by atoms with Crippen LogP contribution in [0.4, 0.5) is 0 Å². The molecule has 0 spiro atoms. The molecule has 0 aromatic carbocycles. The molecule has 2 fully saturated rings. The summed E-state index contributed by atoms with van der Waals surface area (Å²) >= 11 is 0. The van der Waals surface area contributed by atoms with E-state index in [2.05, 4.69) is 10.3 Å². The fraction of sp³-hybridized carbons (Fsp3) is 0.667. The van der Waals surface area contributed by atoms with Crippen molar-refractivity contribution in [3.8, 4) is 0 Å². The highest BCUT2D eigenvalue weighted by Crippen LogP contribution is 2.31. The first-order valence-electron chi connectivity index (χ1n) is 8.82. The van der Waals surface area contributed by atoms with Crippen molar-refractivity contribution < 1.29 is 9.59 Å². The van der Waals surface area contributed by atoms with Crippen LogP contribution in [0.2, 0.25) is 0 Å². The predicted octanol–water partition coefficient (Wildman–Crippen LogP) is 2.20. The summed E-state index contributed by atoms with van der Waals surface area (Å²) in [6.45, 7) is 1.91. The molecule has 2 aliphatic heterocycles. The molecule has 23 heavy (non-hydrogen) atoms. The van der Waals surface area contributed by atoms with E-state index < -0.39 is 0 Å². The molecule has 5 nitrogen and oxygen atoms in total. The van der Waals surface area contributed by atoms with Crippen molar-refractivity contribution in [2.24, 2.45) is 0 Å². The first-order chi connectivity index (χ1) is 11.0. The minimum absolute atomic E-state index is 0.0380. The molecular weight excluding hydrogens is 290 g/mol. The quantitative estimate of drug-likeness (QED) is 0.879. The largest absolute Gasteiger partial charge is 0.354 e. The third kappa shape index (κ3) is 2.42. The molecule has 124 valence electrons. The second kappa shape index (κ2) is 5.48. The molecule has 2 unspecified atom stereocenters. The van der Waals surface area contributed by atoms with Crippen molar-refractivity contribution >= 4 is 11.7 Å². The number of hydrogen-bond donors (Lipinski definition) is 2. The van der Waals surface area contributed by atoms with Gasteiger partial charge in [-0.15, -0.1) is 0 Å². The molecule has 1 amide bonds. The predicted molar refractivity (Wildman–Crippen MR) is 87.9 cm³/mol. The number of fused-ring (bicyclic) bond motifs is 3. The Kier molecular flexibility index (Phi) is 3.56. The van der Waals surface area contributed by atoms with Crippen LogP contribution < -0.4 is 5.32 Å². The Morgan fingerprint density at radius 2 is 1.87 bits per heavy atom. The second-order valence-corrected chi connectivity index (χ2v) is 7.43. The number of aromatic amines is 1. The molecule has 2 N–H and O–H groups in total. The van der Waals surface area contributed by atoms with Crippen LogP contribution in [0.3, 0.4) is 0 Å². The SMILES string of the molecule is Cc1c(C(=O)N(C)C2CC3CCC(C2)N3)[nH]c2c1C(=O)CCC2. The van der Waals surface area contributed by atoms with Crippen molar-refractivity contribution in [2.75, 3.05) is 7.05 Å². The summed E-state index contributed by atoms with van der Waals surface area (Å²) in [5.41, 5.74) is 3.20. The summed E-state index contributed by atoms with van der Waals surface area (Å²) in [6, 6.07) is 1.43. The van der Waals surface area contributed by atoms with Gasteiger partial charge in [-0.2, -0.15) is 0 Å². The lowest BCUT2D eigenvalue weighted by molar-refractivity contribution is 0.0675. The number of nitrogens with zero attached hydrogens (tertiary/aromatic N) is 1. The Labute approximate surface area is 136 Å². The van der Waals surface area contributed by atoms with Gasteiger partial charge in [0.2, 0.25) is 0 Å². The summed E-state index contributed by atoms with van der Waals surface area (Å²) in [4.78, 5) is 30.3. The van der Waals surface area contributed by atoms with Crippen LogP contribution in [0.1, 0.15) is 70.6 Å². The van der Waals surface area contributed by atoms with E-state index in [4.69, 9.17) is 0 Å². The van der Waals surface area contributed by atoms with Gasteiger partial charge in [0.05, 0.1) is 0 Å². The topological polar surface area (TPSA) is 65.2 Å². The molecular formula is C18H25N3O2. The van der Waals surface area contributed by atoms with Crippen LogP contribution in [-0.4, -0.2) is 46.7 Å². The fourth-order valence-electron chi connectivity index (χ4n) is 4.67. The van der Waals surface area contributed by atoms with E-state index >= 15 is 0 Å². The number of aromatic nitrogens is 1. The van der Waals surface area contributed by atoms with Crippen molar-refractivity contribution in [1.82, 2.24) is 15.2 Å². The minimum Gasteiger partial charge on any atom is -0.354 e. The van der Waals surface area contributed by atoms with Crippen LogP contribution in [0, 0.1) is 6.92 Å². The van der Waals surface area contributed by atoms with Crippen LogP contribution in [0.25, 0.3) is 0 Å². The Hall–Kier alpha value is -1.62. The van der Waals surface area contributed by atoms with Gasteiger partial charge in [-0.25, -0.2) is 0 Å². The lowest BCUT2D eigenvalue weighted by Crippen LogP contribution is -2.48. The molecule has 1 aromatic rings. The number of amides is 1. The lowest BCUT2D eigenvalue weighted by Gasteiger charge is -2.35. The highest BCUT2D eigenvalue weighted by atomic mass is 16.2. The van der Waals surface area contributed by atoms with Gasteiger partial charge in [0.15, 0.2) is 5.78 Å². The Balaban J connectivity index is 1.58. The molecule has 3 aliphatic rings. The first-order valence-corrected chi connectivity index (χ1v) is 8.82. The van der Waals surface area contributed by atoms with Gasteiger partial charge in [0.25, 0.3) is 5.91 Å². The number of aryl methyl sites for hydroxylation is 1. The molecule has 3 heterocycles. The van der Waals surface area contributed by atoms with Gasteiger partial charge in [-0.1, -0.05) is 0 Å². The van der Waals surface area contributed by atoms with E-state index in [1.54, 1.807) is 0 Å². The van der Waals surface area contributed by atoms with Crippen molar-refractivity contribution in [3.63, 3.8) is 0 Å². The number of hydrogen-bond acceptors (Lipinski definition) is 3. The number of piperidine rings is 1. The number of Topliss-reactive ketones (excluding diaryl/α,β-unsaturated/α-hetero) is 1. The zero-order valence-electron chi connectivity index (χ0n) is 13.9. The maximum atomic E-state index is 13.0. The smallest absolute Gasteiger partial charge is 0.270 e. The van der Waals surface area contributed by atoms with Gasteiger partial charge in [-0.3, -0.25) is 9.59 Å². The number of H-pyrrole nitrogens is 1. The second-order valence-electron chi connectivity index (χ2n) is 7.43. The third-order valence-electron chi connectivity index (χ3n) is 5.97. The Bertz CT molecular complexity index is 651. The third-order valence-corrected chi connectivity index (χ3v) is 5.97. The lowest BCUT2D eigenvalue weighted by atomic mass is 9.93. The minimum atomic E-state index is 0.0380. The van der Waals surface area contributed by atoms with E-state index in [1.165, 1.54) is 12.8 Å². The number of nitrogens with one attached hydrogen (secondary N) is 2. The normalized spacial score (nSPS) is 29.5. The maximum Gasteiger partial charge on any atom is 0.270 e. The van der Waals surface area contributed by atoms with Crippen LogP contribution >= 0.6 is 0 Å². The van der Waals surface area contributed by atoms with E-state index in [0.29, 0.717) is 30.2 Å². The first kappa shape index (κ1) is 14.9. The molecule has 2 saturated heterocycles. The van der Waals surface area contributed by atoms with E-state index in [1.807, 2.05) is 18.9 Å². The maximum absolute atomic E-state index is 13.0.